The lowest BCUT2D eigenvalue weighted by Gasteiger charge is -2.14. The summed E-state index contributed by atoms with van der Waals surface area (Å²) in [6.07, 6.45) is 4.14. The van der Waals surface area contributed by atoms with Crippen molar-refractivity contribution in [2.75, 3.05) is 11.9 Å². The third kappa shape index (κ3) is 5.04. The normalized spacial score (nSPS) is 12.4. The molecule has 5 heterocycles. The lowest BCUT2D eigenvalue weighted by atomic mass is 9.99. The first kappa shape index (κ1) is 30.2. The number of nitrogens with zero attached hydrogens (tertiary/aromatic N) is 2. The summed E-state index contributed by atoms with van der Waals surface area (Å²) in [4.78, 5) is 28.7. The van der Waals surface area contributed by atoms with Gasteiger partial charge in [-0.05, 0) is 58.7 Å². The van der Waals surface area contributed by atoms with Gasteiger partial charge >= 0.3 is 0 Å². The molecule has 4 aromatic carbocycles. The highest BCUT2D eigenvalue weighted by Gasteiger charge is 2.34. The van der Waals surface area contributed by atoms with Gasteiger partial charge in [-0.15, -0.1) is 0 Å². The zero-order chi connectivity index (χ0) is 34.5. The van der Waals surface area contributed by atoms with Crippen molar-refractivity contribution in [3.05, 3.63) is 163 Å². The summed E-state index contributed by atoms with van der Waals surface area (Å²) in [5.74, 6) is -0.382. The van der Waals surface area contributed by atoms with E-state index >= 15 is 0 Å². The average Bonchev–Trinajstić information content (AvgIpc) is 3.99. The van der Waals surface area contributed by atoms with Gasteiger partial charge in [-0.2, -0.15) is 0 Å². The van der Waals surface area contributed by atoms with Crippen LogP contribution in [0.2, 0.25) is 0 Å². The second kappa shape index (κ2) is 12.2. The van der Waals surface area contributed by atoms with Crippen LogP contribution < -0.4 is 4.90 Å². The number of aromatic amines is 2. The minimum absolute atomic E-state index is 0.0837. The molecule has 51 heavy (non-hydrogen) atoms. The van der Waals surface area contributed by atoms with Crippen LogP contribution in [0, 0.1) is 0 Å². The van der Waals surface area contributed by atoms with Crippen molar-refractivity contribution in [1.29, 1.82) is 0 Å². The Kier molecular flexibility index (Phi) is 7.21. The van der Waals surface area contributed by atoms with Crippen molar-refractivity contribution in [2.24, 2.45) is 0 Å². The molecule has 3 N–H and O–H groups in total. The van der Waals surface area contributed by atoms with Crippen molar-refractivity contribution in [1.82, 2.24) is 15.0 Å². The Hall–Kier alpha value is -6.92. The Bertz CT molecular complexity index is 2660. The number of aromatic hydroxyl groups is 1. The van der Waals surface area contributed by atoms with Gasteiger partial charge in [0.1, 0.15) is 0 Å². The number of carbonyl (C=O) groups is 1. The summed E-state index contributed by atoms with van der Waals surface area (Å²) in [5.41, 5.74) is 12.3. The predicted molar refractivity (Wildman–Crippen MR) is 208 cm³/mol. The van der Waals surface area contributed by atoms with Gasteiger partial charge in [0.05, 0.1) is 22.6 Å². The number of benzene rings is 4. The first-order valence-electron chi connectivity index (χ1n) is 16.9. The molecule has 2 aliphatic heterocycles. The Morgan fingerprint density at radius 1 is 0.471 bits per heavy atom. The van der Waals surface area contributed by atoms with E-state index in [2.05, 4.69) is 46.4 Å². The number of amides is 1. The Balaban J connectivity index is 1.54. The standard InChI is InChI=1S/C45H32N4O2/c1-49-43-41(31-20-12-5-13-21-31)37-27-25-35(48-37)39(29-16-8-3-9-17-29)33-23-22-32(46-33)38(28-14-6-2-7-15-28)34-24-26-36(47-34)40(30-18-10-4-11-19-30)42(44(43)50)45(49)51/h2-27,47-48,50H,1H3. The molecule has 7 aromatic rings. The largest absolute Gasteiger partial charge is 0.505 e. The van der Waals surface area contributed by atoms with E-state index in [9.17, 15) is 9.90 Å². The predicted octanol–water partition coefficient (Wildman–Crippen LogP) is 10.7. The smallest absolute Gasteiger partial charge is 0.262 e. The fourth-order valence-corrected chi connectivity index (χ4v) is 7.33. The number of hydrogen-bond donors (Lipinski definition) is 3. The summed E-state index contributed by atoms with van der Waals surface area (Å²) in [6.45, 7) is 0. The fraction of sp³-hybridized carbons (Fsp3) is 0.0222. The minimum atomic E-state index is -0.298. The highest BCUT2D eigenvalue weighted by Crippen LogP contribution is 2.48. The molecular weight excluding hydrogens is 629 g/mol. The molecule has 0 unspecified atom stereocenters. The van der Waals surface area contributed by atoms with Crippen molar-refractivity contribution in [2.45, 2.75) is 0 Å². The Labute approximate surface area is 294 Å². The zero-order valence-electron chi connectivity index (χ0n) is 27.8. The zero-order valence-corrected chi connectivity index (χ0v) is 27.8. The second-order valence-electron chi connectivity index (χ2n) is 12.7. The second-order valence-corrected chi connectivity index (χ2v) is 12.7. The molecule has 0 aliphatic carbocycles. The number of H-pyrrole nitrogens is 2. The fourth-order valence-electron chi connectivity index (χ4n) is 7.33. The van der Waals surface area contributed by atoms with E-state index in [-0.39, 0.29) is 17.2 Å². The van der Waals surface area contributed by atoms with Crippen LogP contribution in [0.3, 0.4) is 0 Å². The molecule has 0 fully saturated rings. The van der Waals surface area contributed by atoms with Gasteiger partial charge < -0.3 is 20.0 Å². The van der Waals surface area contributed by atoms with Crippen LogP contribution in [0.5, 0.6) is 5.75 Å². The molecule has 0 radical (unpaired) electrons. The molecule has 6 nitrogen and oxygen atoms in total. The van der Waals surface area contributed by atoms with Gasteiger partial charge in [0.15, 0.2) is 5.75 Å². The van der Waals surface area contributed by atoms with E-state index in [0.717, 1.165) is 61.3 Å². The van der Waals surface area contributed by atoms with Crippen LogP contribution in [-0.4, -0.2) is 33.0 Å². The van der Waals surface area contributed by atoms with E-state index in [4.69, 9.17) is 4.98 Å². The quantitative estimate of drug-likeness (QED) is 0.176. The highest BCUT2D eigenvalue weighted by atomic mass is 16.3. The topological polar surface area (TPSA) is 85.0 Å². The number of anilines is 1. The summed E-state index contributed by atoms with van der Waals surface area (Å²) in [6, 6.07) is 48.1. The van der Waals surface area contributed by atoms with Gasteiger partial charge in [0.25, 0.3) is 5.91 Å². The van der Waals surface area contributed by atoms with Gasteiger partial charge in [0, 0.05) is 51.4 Å². The lowest BCUT2D eigenvalue weighted by Crippen LogP contribution is -2.22. The van der Waals surface area contributed by atoms with Crippen molar-refractivity contribution < 1.29 is 9.90 Å². The maximum atomic E-state index is 14.5. The average molecular weight is 661 g/mol. The summed E-state index contributed by atoms with van der Waals surface area (Å²) >= 11 is 0. The Morgan fingerprint density at radius 3 is 1.25 bits per heavy atom. The van der Waals surface area contributed by atoms with Crippen molar-refractivity contribution in [3.8, 4) is 50.3 Å². The number of carbonyl (C=O) groups excluding carboxylic acids is 1. The van der Waals surface area contributed by atoms with E-state index < -0.39 is 0 Å². The minimum Gasteiger partial charge on any atom is -0.505 e. The van der Waals surface area contributed by atoms with E-state index in [0.29, 0.717) is 22.3 Å². The van der Waals surface area contributed by atoms with Gasteiger partial charge in [-0.3, -0.25) is 4.79 Å². The highest BCUT2D eigenvalue weighted by molar-refractivity contribution is 6.22. The Morgan fingerprint density at radius 2 is 0.824 bits per heavy atom. The SMILES string of the molecule is CN1C(=O)c2c(O)c1c(-c1ccccc1)c1ccc([nH]1)c(-c1ccccc1)c1nc(c(-c3ccccc3)c3ccc([nH]3)c2-c2ccccc2)C=C1. The van der Waals surface area contributed by atoms with E-state index in [1.165, 1.54) is 0 Å². The van der Waals surface area contributed by atoms with Gasteiger partial charge in [-0.1, -0.05) is 121 Å². The number of nitrogens with one attached hydrogen (secondary N) is 2. The maximum Gasteiger partial charge on any atom is 0.262 e. The number of fused-ring (bicyclic) bond motifs is 8. The third-order valence-electron chi connectivity index (χ3n) is 9.65. The van der Waals surface area contributed by atoms with Crippen LogP contribution in [0.25, 0.3) is 78.7 Å². The monoisotopic (exact) mass is 660 g/mol. The van der Waals surface area contributed by atoms with Crippen molar-refractivity contribution >= 4 is 45.8 Å². The summed E-state index contributed by atoms with van der Waals surface area (Å²) in [7, 11) is 1.72. The first-order chi connectivity index (χ1) is 25.1. The molecule has 9 rings (SSSR count). The first-order valence-corrected chi connectivity index (χ1v) is 16.9. The summed E-state index contributed by atoms with van der Waals surface area (Å²) in [5, 5.41) is 12.4. The van der Waals surface area contributed by atoms with E-state index in [1.54, 1.807) is 11.9 Å². The maximum absolute atomic E-state index is 14.5. The number of hydrogen-bond acceptors (Lipinski definition) is 3. The molecule has 6 heteroatoms. The van der Waals surface area contributed by atoms with Crippen molar-refractivity contribution in [3.63, 3.8) is 0 Å². The molecule has 0 saturated carbocycles. The summed E-state index contributed by atoms with van der Waals surface area (Å²) < 4.78 is 0. The van der Waals surface area contributed by atoms with Crippen LogP contribution in [0.1, 0.15) is 21.7 Å². The molecule has 244 valence electrons. The van der Waals surface area contributed by atoms with Gasteiger partial charge in [-0.25, -0.2) is 4.98 Å². The molecule has 0 saturated heterocycles. The van der Waals surface area contributed by atoms with E-state index in [1.807, 2.05) is 121 Å². The van der Waals surface area contributed by atoms with Crippen LogP contribution >= 0.6 is 0 Å². The third-order valence-corrected chi connectivity index (χ3v) is 9.65. The molecular formula is C45H32N4O2. The number of rotatable bonds is 4. The molecule has 8 bridgehead atoms. The molecule has 0 spiro atoms. The molecule has 1 amide bonds. The number of aromatic nitrogens is 3. The van der Waals surface area contributed by atoms with Crippen LogP contribution in [0.4, 0.5) is 5.69 Å². The lowest BCUT2D eigenvalue weighted by molar-refractivity contribution is 0.0998. The van der Waals surface area contributed by atoms with Gasteiger partial charge in [0.2, 0.25) is 0 Å². The van der Waals surface area contributed by atoms with Crippen LogP contribution in [-0.2, 0) is 0 Å². The molecule has 3 aromatic heterocycles. The molecule has 0 atom stereocenters. The van der Waals surface area contributed by atoms with Crippen LogP contribution in [0.15, 0.2) is 146 Å². The molecule has 2 aliphatic rings.